The number of carbonyl (C=O) groups is 1. The summed E-state index contributed by atoms with van der Waals surface area (Å²) in [6.07, 6.45) is 0.307. The zero-order valence-electron chi connectivity index (χ0n) is 11.8. The van der Waals surface area contributed by atoms with Crippen LogP contribution in [0.15, 0.2) is 53.4 Å². The van der Waals surface area contributed by atoms with E-state index in [-0.39, 0.29) is 5.97 Å². The highest BCUT2D eigenvalue weighted by Gasteiger charge is 2.15. The number of hydrogen-bond acceptors (Lipinski definition) is 3. The fourth-order valence-corrected chi connectivity index (χ4v) is 3.22. The van der Waals surface area contributed by atoms with E-state index in [1.165, 1.54) is 7.11 Å². The molecule has 110 valence electrons. The van der Waals surface area contributed by atoms with E-state index in [9.17, 15) is 9.18 Å². The van der Waals surface area contributed by atoms with Crippen molar-refractivity contribution < 1.29 is 13.9 Å². The van der Waals surface area contributed by atoms with E-state index in [4.69, 9.17) is 4.74 Å². The van der Waals surface area contributed by atoms with Crippen molar-refractivity contribution in [3.63, 3.8) is 0 Å². The Morgan fingerprint density at radius 3 is 2.57 bits per heavy atom. The van der Waals surface area contributed by atoms with Gasteiger partial charge in [-0.15, -0.1) is 11.8 Å². The molecule has 0 radical (unpaired) electrons. The second-order valence-corrected chi connectivity index (χ2v) is 5.48. The van der Waals surface area contributed by atoms with Gasteiger partial charge in [-0.3, -0.25) is 4.39 Å². The van der Waals surface area contributed by atoms with E-state index < -0.39 is 6.67 Å². The van der Waals surface area contributed by atoms with E-state index in [0.29, 0.717) is 12.0 Å². The second kappa shape index (κ2) is 7.84. The number of esters is 1. The van der Waals surface area contributed by atoms with Crippen LogP contribution in [0.1, 0.15) is 21.5 Å². The number of thioether (sulfide) groups is 1. The predicted molar refractivity (Wildman–Crippen MR) is 83.5 cm³/mol. The molecular weight excluding hydrogens is 287 g/mol. The van der Waals surface area contributed by atoms with Crippen LogP contribution in [0, 0.1) is 0 Å². The first kappa shape index (κ1) is 15.6. The number of halogens is 1. The van der Waals surface area contributed by atoms with E-state index in [1.807, 2.05) is 36.4 Å². The third kappa shape index (κ3) is 4.08. The van der Waals surface area contributed by atoms with E-state index >= 15 is 0 Å². The lowest BCUT2D eigenvalue weighted by molar-refractivity contribution is 0.0596. The Hall–Kier alpha value is -1.81. The highest BCUT2D eigenvalue weighted by molar-refractivity contribution is 7.98. The molecule has 0 aliphatic rings. The molecular formula is C17H17FO2S. The molecule has 0 atom stereocenters. The zero-order valence-corrected chi connectivity index (χ0v) is 12.7. The maximum Gasteiger partial charge on any atom is 0.339 e. The molecule has 0 amide bonds. The smallest absolute Gasteiger partial charge is 0.339 e. The minimum atomic E-state index is -0.441. The SMILES string of the molecule is COC(=O)c1cccc(CCF)c1SCc1ccccc1. The van der Waals surface area contributed by atoms with Crippen LogP contribution in [0.5, 0.6) is 0 Å². The van der Waals surface area contributed by atoms with Crippen molar-refractivity contribution >= 4 is 17.7 Å². The van der Waals surface area contributed by atoms with Crippen LogP contribution in [0.3, 0.4) is 0 Å². The van der Waals surface area contributed by atoms with Crippen molar-refractivity contribution in [3.05, 3.63) is 65.2 Å². The average Bonchev–Trinajstić information content (AvgIpc) is 2.54. The van der Waals surface area contributed by atoms with Crippen molar-refractivity contribution in [2.45, 2.75) is 17.1 Å². The summed E-state index contributed by atoms with van der Waals surface area (Å²) in [7, 11) is 1.36. The summed E-state index contributed by atoms with van der Waals surface area (Å²) in [5.74, 6) is 0.347. The van der Waals surface area contributed by atoms with Gasteiger partial charge in [0.2, 0.25) is 0 Å². The third-order valence-electron chi connectivity index (χ3n) is 3.09. The predicted octanol–water partition coefficient (Wildman–Crippen LogP) is 4.28. The normalized spacial score (nSPS) is 10.4. The van der Waals surface area contributed by atoms with Crippen LogP contribution in [0.2, 0.25) is 0 Å². The van der Waals surface area contributed by atoms with Crippen molar-refractivity contribution in [2.75, 3.05) is 13.8 Å². The highest BCUT2D eigenvalue weighted by Crippen LogP contribution is 2.31. The van der Waals surface area contributed by atoms with E-state index in [2.05, 4.69) is 0 Å². The molecule has 0 aromatic heterocycles. The molecule has 0 heterocycles. The lowest BCUT2D eigenvalue weighted by Gasteiger charge is -2.12. The number of alkyl halides is 1. The standard InChI is InChI=1S/C17H17FO2S/c1-20-17(19)15-9-5-8-14(10-11-18)16(15)21-12-13-6-3-2-4-7-13/h2-9H,10-12H2,1H3. The Labute approximate surface area is 128 Å². The molecule has 0 unspecified atom stereocenters. The molecule has 2 aromatic rings. The molecule has 0 aliphatic carbocycles. The summed E-state index contributed by atoms with van der Waals surface area (Å²) in [5.41, 5.74) is 2.51. The summed E-state index contributed by atoms with van der Waals surface area (Å²) in [4.78, 5) is 12.7. The van der Waals surface area contributed by atoms with Gasteiger partial charge in [-0.25, -0.2) is 4.79 Å². The Morgan fingerprint density at radius 2 is 1.90 bits per heavy atom. The van der Waals surface area contributed by atoms with Gasteiger partial charge in [0.15, 0.2) is 0 Å². The van der Waals surface area contributed by atoms with Crippen LogP contribution in [0.25, 0.3) is 0 Å². The van der Waals surface area contributed by atoms with Crippen LogP contribution in [-0.4, -0.2) is 19.8 Å². The number of aryl methyl sites for hydroxylation is 1. The number of methoxy groups -OCH3 is 1. The van der Waals surface area contributed by atoms with Crippen LogP contribution in [-0.2, 0) is 16.9 Å². The van der Waals surface area contributed by atoms with Gasteiger partial charge in [-0.05, 0) is 17.2 Å². The largest absolute Gasteiger partial charge is 0.465 e. The van der Waals surface area contributed by atoms with Crippen molar-refractivity contribution in [1.29, 1.82) is 0 Å². The zero-order chi connectivity index (χ0) is 15.1. The minimum absolute atomic E-state index is 0.307. The quantitative estimate of drug-likeness (QED) is 0.588. The maximum atomic E-state index is 12.7. The molecule has 21 heavy (non-hydrogen) atoms. The number of ether oxygens (including phenoxy) is 1. The summed E-state index contributed by atoms with van der Waals surface area (Å²) >= 11 is 1.54. The summed E-state index contributed by atoms with van der Waals surface area (Å²) in [6.45, 7) is -0.441. The van der Waals surface area contributed by atoms with E-state index in [1.54, 1.807) is 23.9 Å². The lowest BCUT2D eigenvalue weighted by Crippen LogP contribution is -2.05. The first-order chi connectivity index (χ1) is 10.3. The van der Waals surface area contributed by atoms with Gasteiger partial charge in [-0.1, -0.05) is 42.5 Å². The van der Waals surface area contributed by atoms with Crippen LogP contribution in [0.4, 0.5) is 4.39 Å². The molecule has 0 saturated carbocycles. The Morgan fingerprint density at radius 1 is 1.14 bits per heavy atom. The van der Waals surface area contributed by atoms with Gasteiger partial charge in [-0.2, -0.15) is 0 Å². The number of rotatable bonds is 6. The van der Waals surface area contributed by atoms with E-state index in [0.717, 1.165) is 21.8 Å². The molecule has 2 nitrogen and oxygen atoms in total. The Kier molecular flexibility index (Phi) is 5.81. The summed E-state index contributed by atoms with van der Waals surface area (Å²) < 4.78 is 17.5. The summed E-state index contributed by atoms with van der Waals surface area (Å²) in [5, 5.41) is 0. The third-order valence-corrected chi connectivity index (χ3v) is 4.34. The second-order valence-electron chi connectivity index (χ2n) is 4.50. The van der Waals surface area contributed by atoms with Gasteiger partial charge in [0.1, 0.15) is 0 Å². The van der Waals surface area contributed by atoms with Crippen molar-refractivity contribution in [2.24, 2.45) is 0 Å². The van der Waals surface area contributed by atoms with Crippen molar-refractivity contribution in [3.8, 4) is 0 Å². The molecule has 0 aliphatic heterocycles. The molecule has 2 aromatic carbocycles. The topological polar surface area (TPSA) is 26.3 Å². The first-order valence-electron chi connectivity index (χ1n) is 6.69. The molecule has 4 heteroatoms. The number of benzene rings is 2. The van der Waals surface area contributed by atoms with Crippen molar-refractivity contribution in [1.82, 2.24) is 0 Å². The Balaban J connectivity index is 2.27. The summed E-state index contributed by atoms with van der Waals surface area (Å²) in [6, 6.07) is 15.3. The minimum Gasteiger partial charge on any atom is -0.465 e. The Bertz CT molecular complexity index is 599. The van der Waals surface area contributed by atoms with Gasteiger partial charge < -0.3 is 4.74 Å². The average molecular weight is 304 g/mol. The number of carbonyl (C=O) groups excluding carboxylic acids is 1. The van der Waals surface area contributed by atoms with Crippen LogP contribution >= 0.6 is 11.8 Å². The fraction of sp³-hybridized carbons (Fsp3) is 0.235. The maximum absolute atomic E-state index is 12.7. The van der Waals surface area contributed by atoms with Gasteiger partial charge in [0.05, 0.1) is 19.3 Å². The van der Waals surface area contributed by atoms with Crippen LogP contribution < -0.4 is 0 Å². The molecule has 0 saturated heterocycles. The lowest BCUT2D eigenvalue weighted by atomic mass is 10.1. The monoisotopic (exact) mass is 304 g/mol. The molecule has 0 fully saturated rings. The van der Waals surface area contributed by atoms with Gasteiger partial charge >= 0.3 is 5.97 Å². The number of hydrogen-bond donors (Lipinski definition) is 0. The molecule has 2 rings (SSSR count). The molecule has 0 N–H and O–H groups in total. The molecule has 0 bridgehead atoms. The first-order valence-corrected chi connectivity index (χ1v) is 7.67. The fourth-order valence-electron chi connectivity index (χ4n) is 2.05. The van der Waals surface area contributed by atoms with Gasteiger partial charge in [0, 0.05) is 17.1 Å². The highest BCUT2D eigenvalue weighted by atomic mass is 32.2. The van der Waals surface area contributed by atoms with Gasteiger partial charge in [0.25, 0.3) is 0 Å². The molecule has 0 spiro atoms.